The van der Waals surface area contributed by atoms with Gasteiger partial charge in [-0.25, -0.2) is 14.4 Å². The summed E-state index contributed by atoms with van der Waals surface area (Å²) in [6, 6.07) is 7.57. The Morgan fingerprint density at radius 2 is 1.92 bits per heavy atom. The van der Waals surface area contributed by atoms with Gasteiger partial charge in [0.05, 0.1) is 11.3 Å². The summed E-state index contributed by atoms with van der Waals surface area (Å²) in [5.74, 6) is -0.0366. The van der Waals surface area contributed by atoms with Crippen LogP contribution in [0.5, 0.6) is 0 Å². The predicted octanol–water partition coefficient (Wildman–Crippen LogP) is 3.31. The van der Waals surface area contributed by atoms with Crippen molar-refractivity contribution in [3.8, 4) is 0 Å². The van der Waals surface area contributed by atoms with Gasteiger partial charge in [-0.2, -0.15) is 0 Å². The van der Waals surface area contributed by atoms with Crippen molar-refractivity contribution in [3.63, 3.8) is 0 Å². The number of hydrogen-bond acceptors (Lipinski definition) is 7. The Bertz CT molecular complexity index is 1070. The van der Waals surface area contributed by atoms with Crippen molar-refractivity contribution in [3.05, 3.63) is 46.9 Å². The van der Waals surface area contributed by atoms with Crippen LogP contribution in [0.4, 0.5) is 10.2 Å². The summed E-state index contributed by atoms with van der Waals surface area (Å²) < 4.78 is 14.1. The average molecular weight is 535 g/mol. The third kappa shape index (κ3) is 7.08. The minimum atomic E-state index is -0.517. The first kappa shape index (κ1) is 26.6. The fraction of sp³-hybridized carbons (Fsp3) is 0.520. The van der Waals surface area contributed by atoms with Crippen molar-refractivity contribution in [1.82, 2.24) is 25.1 Å². The Labute approximate surface area is 220 Å². The zero-order valence-electron chi connectivity index (χ0n) is 20.5. The molecule has 36 heavy (non-hydrogen) atoms. The van der Waals surface area contributed by atoms with Crippen LogP contribution in [-0.4, -0.2) is 89.2 Å². The largest absolute Gasteiger partial charge is 0.354 e. The van der Waals surface area contributed by atoms with E-state index in [0.29, 0.717) is 42.3 Å². The van der Waals surface area contributed by atoms with E-state index in [1.807, 2.05) is 11.8 Å². The number of thioether (sulfide) groups is 1. The lowest BCUT2D eigenvalue weighted by molar-refractivity contribution is -0.118. The number of likely N-dealkylation sites (tertiary alicyclic amines) is 1. The van der Waals surface area contributed by atoms with E-state index >= 15 is 0 Å². The van der Waals surface area contributed by atoms with Gasteiger partial charge in [0.2, 0.25) is 5.91 Å². The number of piperazine rings is 1. The molecule has 1 aromatic carbocycles. The number of benzene rings is 1. The quantitative estimate of drug-likeness (QED) is 0.316. The lowest BCUT2D eigenvalue weighted by atomic mass is 10.1. The average Bonchev–Trinajstić information content (AvgIpc) is 2.88. The Hall–Kier alpha value is -2.43. The second kappa shape index (κ2) is 12.7. The first-order valence-corrected chi connectivity index (χ1v) is 13.7. The van der Waals surface area contributed by atoms with Gasteiger partial charge in [-0.3, -0.25) is 9.59 Å². The summed E-state index contributed by atoms with van der Waals surface area (Å²) in [7, 11) is 0. The van der Waals surface area contributed by atoms with Gasteiger partial charge < -0.3 is 20.0 Å². The zero-order chi connectivity index (χ0) is 25.5. The Balaban J connectivity index is 1.29. The SMILES string of the molecule is CC1CN(c2cc(Cl)nc(SCC(=O)NCCN3CCCCC3)n2)CCN1C(=O)c1ccccc1F. The van der Waals surface area contributed by atoms with E-state index in [0.717, 1.165) is 19.6 Å². The number of anilines is 1. The number of rotatable bonds is 8. The molecule has 2 amide bonds. The molecule has 1 unspecified atom stereocenters. The molecule has 0 spiro atoms. The molecule has 0 bridgehead atoms. The van der Waals surface area contributed by atoms with Crippen molar-refractivity contribution >= 4 is 41.0 Å². The summed E-state index contributed by atoms with van der Waals surface area (Å²) in [5, 5.41) is 3.70. The van der Waals surface area contributed by atoms with E-state index in [2.05, 4.69) is 20.2 Å². The Kier molecular flexibility index (Phi) is 9.39. The highest BCUT2D eigenvalue weighted by Crippen LogP contribution is 2.25. The molecule has 2 aliphatic rings. The number of halogens is 2. The van der Waals surface area contributed by atoms with Crippen LogP contribution in [0.3, 0.4) is 0 Å². The van der Waals surface area contributed by atoms with Crippen molar-refractivity contribution < 1.29 is 14.0 Å². The van der Waals surface area contributed by atoms with E-state index in [1.165, 1.54) is 43.2 Å². The molecule has 1 atom stereocenters. The molecule has 1 aromatic heterocycles. The molecule has 2 aromatic rings. The van der Waals surface area contributed by atoms with Gasteiger partial charge in [0, 0.05) is 44.8 Å². The molecule has 0 radical (unpaired) electrons. The maximum absolute atomic E-state index is 14.1. The monoisotopic (exact) mass is 534 g/mol. The molecule has 3 heterocycles. The first-order valence-electron chi connectivity index (χ1n) is 12.4. The highest BCUT2D eigenvalue weighted by Gasteiger charge is 2.30. The molecule has 4 rings (SSSR count). The second-order valence-corrected chi connectivity index (χ2v) is 10.5. The van der Waals surface area contributed by atoms with Crippen LogP contribution in [0.25, 0.3) is 0 Å². The van der Waals surface area contributed by atoms with Crippen molar-refractivity contribution in [1.29, 1.82) is 0 Å². The number of aromatic nitrogens is 2. The van der Waals surface area contributed by atoms with Crippen molar-refractivity contribution in [2.75, 3.05) is 56.5 Å². The molecule has 2 fully saturated rings. The molecule has 0 aliphatic carbocycles. The molecule has 1 N–H and O–H groups in total. The molecule has 0 saturated carbocycles. The number of carbonyl (C=O) groups is 2. The van der Waals surface area contributed by atoms with Crippen LogP contribution in [0, 0.1) is 5.82 Å². The highest BCUT2D eigenvalue weighted by molar-refractivity contribution is 7.99. The molecular weight excluding hydrogens is 503 g/mol. The number of nitrogens with one attached hydrogen (secondary N) is 1. The number of hydrogen-bond donors (Lipinski definition) is 1. The van der Waals surface area contributed by atoms with Gasteiger partial charge in [-0.05, 0) is 45.0 Å². The fourth-order valence-electron chi connectivity index (χ4n) is 4.59. The van der Waals surface area contributed by atoms with E-state index in [4.69, 9.17) is 11.6 Å². The van der Waals surface area contributed by atoms with E-state index in [1.54, 1.807) is 23.1 Å². The minimum Gasteiger partial charge on any atom is -0.354 e. The third-order valence-electron chi connectivity index (χ3n) is 6.51. The maximum atomic E-state index is 14.1. The number of amides is 2. The summed E-state index contributed by atoms with van der Waals surface area (Å²) >= 11 is 7.51. The van der Waals surface area contributed by atoms with Crippen LogP contribution in [0.2, 0.25) is 5.15 Å². The molecule has 2 saturated heterocycles. The second-order valence-electron chi connectivity index (χ2n) is 9.15. The van der Waals surface area contributed by atoms with E-state index < -0.39 is 5.82 Å². The minimum absolute atomic E-state index is 0.0592. The lowest BCUT2D eigenvalue weighted by Crippen LogP contribution is -2.54. The fourth-order valence-corrected chi connectivity index (χ4v) is 5.50. The van der Waals surface area contributed by atoms with Gasteiger partial charge in [0.15, 0.2) is 5.16 Å². The zero-order valence-corrected chi connectivity index (χ0v) is 22.0. The molecule has 194 valence electrons. The number of piperidine rings is 1. The van der Waals surface area contributed by atoms with Gasteiger partial charge in [-0.15, -0.1) is 0 Å². The number of carbonyl (C=O) groups excluding carboxylic acids is 2. The summed E-state index contributed by atoms with van der Waals surface area (Å²) in [5.41, 5.74) is 0.0794. The van der Waals surface area contributed by atoms with E-state index in [-0.39, 0.29) is 29.2 Å². The topological polar surface area (TPSA) is 81.7 Å². The summed E-state index contributed by atoms with van der Waals surface area (Å²) in [6.45, 7) is 7.12. The van der Waals surface area contributed by atoms with Crippen LogP contribution < -0.4 is 10.2 Å². The number of nitrogens with zero attached hydrogens (tertiary/aromatic N) is 5. The van der Waals surface area contributed by atoms with Crippen molar-refractivity contribution in [2.24, 2.45) is 0 Å². The van der Waals surface area contributed by atoms with Crippen LogP contribution >= 0.6 is 23.4 Å². The van der Waals surface area contributed by atoms with Gasteiger partial charge in [0.1, 0.15) is 16.8 Å². The smallest absolute Gasteiger partial charge is 0.257 e. The normalized spacial score (nSPS) is 18.8. The molecule has 8 nitrogen and oxygen atoms in total. The van der Waals surface area contributed by atoms with Crippen LogP contribution in [0.15, 0.2) is 35.5 Å². The summed E-state index contributed by atoms with van der Waals surface area (Å²) in [6.07, 6.45) is 3.75. The maximum Gasteiger partial charge on any atom is 0.257 e. The third-order valence-corrected chi connectivity index (χ3v) is 7.55. The predicted molar refractivity (Wildman–Crippen MR) is 140 cm³/mol. The van der Waals surface area contributed by atoms with E-state index in [9.17, 15) is 14.0 Å². The van der Waals surface area contributed by atoms with Crippen LogP contribution in [-0.2, 0) is 4.79 Å². The first-order chi connectivity index (χ1) is 17.4. The molecular formula is C25H32ClFN6O2S. The summed E-state index contributed by atoms with van der Waals surface area (Å²) in [4.78, 5) is 40.1. The van der Waals surface area contributed by atoms with Gasteiger partial charge in [-0.1, -0.05) is 41.9 Å². The Morgan fingerprint density at radius 3 is 2.67 bits per heavy atom. The van der Waals surface area contributed by atoms with Crippen molar-refractivity contribution in [2.45, 2.75) is 37.4 Å². The highest BCUT2D eigenvalue weighted by atomic mass is 35.5. The van der Waals surface area contributed by atoms with Gasteiger partial charge in [0.25, 0.3) is 5.91 Å². The lowest BCUT2D eigenvalue weighted by Gasteiger charge is -2.40. The van der Waals surface area contributed by atoms with Crippen LogP contribution in [0.1, 0.15) is 36.5 Å². The standard InChI is InChI=1S/C25H32ClFN6O2S/c1-18-16-32(13-14-33(18)24(35)19-7-3-4-8-20(19)27)22-15-21(26)29-25(30-22)36-17-23(34)28-9-12-31-10-5-2-6-11-31/h3-4,7-8,15,18H,2,5-6,9-14,16-17H2,1H3,(H,28,34). The molecule has 11 heteroatoms. The molecule has 2 aliphatic heterocycles. The van der Waals surface area contributed by atoms with Gasteiger partial charge >= 0.3 is 0 Å². The Morgan fingerprint density at radius 1 is 1.14 bits per heavy atom.